The number of hydrogen-bond acceptors (Lipinski definition) is 1. The number of imidazole rings is 1. The topological polar surface area (TPSA) is 8.81 Å². The van der Waals surface area contributed by atoms with E-state index in [9.17, 15) is 0 Å². The van der Waals surface area contributed by atoms with E-state index in [-0.39, 0.29) is 21.1 Å². The molecule has 38 heavy (non-hydrogen) atoms. The molecule has 0 amide bonds. The summed E-state index contributed by atoms with van der Waals surface area (Å²) in [4.78, 5) is 0.813. The van der Waals surface area contributed by atoms with Crippen LogP contribution in [0.4, 0.5) is 0 Å². The Morgan fingerprint density at radius 2 is 1.11 bits per heavy atom. The van der Waals surface area contributed by atoms with Gasteiger partial charge in [0.05, 0.1) is 0 Å². The molecular formula is C33H25BiN2PtS-2. The quantitative estimate of drug-likeness (QED) is 0.108. The maximum atomic E-state index is 5.30. The summed E-state index contributed by atoms with van der Waals surface area (Å²) in [5.41, 5.74) is 1.92. The fraction of sp³-hybridized carbons (Fsp3) is 0. The Morgan fingerprint density at radius 1 is 0.605 bits per heavy atom. The number of nitrogens with zero attached hydrogens (tertiary/aromatic N) is 2. The SMILES string of the molecule is [Pt].[S-]c1ccccc1-[n+]1[c-]n(-c2[c-]cccc2)cc1.c1cc[c]([Bi]([c]2ccccc2)[c]2ccccc2)cc1. The molecule has 0 N–H and O–H groups in total. The van der Waals surface area contributed by atoms with Crippen molar-refractivity contribution < 1.29 is 25.6 Å². The van der Waals surface area contributed by atoms with Crippen LogP contribution in [0, 0.1) is 12.4 Å². The van der Waals surface area contributed by atoms with Crippen molar-refractivity contribution in [2.45, 2.75) is 4.90 Å². The van der Waals surface area contributed by atoms with E-state index in [1.165, 1.54) is 9.81 Å². The molecule has 1 heterocycles. The molecule has 190 valence electrons. The summed E-state index contributed by atoms with van der Waals surface area (Å²) in [6.45, 7) is 0. The van der Waals surface area contributed by atoms with E-state index in [2.05, 4.69) is 103 Å². The third-order valence-corrected chi connectivity index (χ3v) is 15.5. The first-order chi connectivity index (χ1) is 18.3. The predicted molar refractivity (Wildman–Crippen MR) is 155 cm³/mol. The summed E-state index contributed by atoms with van der Waals surface area (Å²) in [6, 6.07) is 51.7. The first-order valence-electron chi connectivity index (χ1n) is 12.0. The summed E-state index contributed by atoms with van der Waals surface area (Å²) < 4.78 is 8.39. The van der Waals surface area contributed by atoms with Gasteiger partial charge >= 0.3 is 123 Å². The summed E-state index contributed by atoms with van der Waals surface area (Å²) in [5, 5.41) is 0. The van der Waals surface area contributed by atoms with Gasteiger partial charge in [0.25, 0.3) is 6.33 Å². The van der Waals surface area contributed by atoms with Crippen LogP contribution in [0.25, 0.3) is 11.4 Å². The van der Waals surface area contributed by atoms with Gasteiger partial charge in [0.1, 0.15) is 0 Å². The molecule has 6 aromatic rings. The van der Waals surface area contributed by atoms with Gasteiger partial charge in [0.2, 0.25) is 0 Å². The second-order valence-electron chi connectivity index (χ2n) is 8.20. The van der Waals surface area contributed by atoms with E-state index in [4.69, 9.17) is 12.6 Å². The summed E-state index contributed by atoms with van der Waals surface area (Å²) >= 11 is 3.24. The summed E-state index contributed by atoms with van der Waals surface area (Å²) in [7, 11) is 0. The van der Waals surface area contributed by atoms with Gasteiger partial charge in [0.15, 0.2) is 0 Å². The fourth-order valence-electron chi connectivity index (χ4n) is 3.95. The van der Waals surface area contributed by atoms with Crippen LogP contribution in [0.2, 0.25) is 0 Å². The van der Waals surface area contributed by atoms with Crippen molar-refractivity contribution >= 4 is 44.2 Å². The van der Waals surface area contributed by atoms with Crippen molar-refractivity contribution in [1.29, 1.82) is 0 Å². The fourth-order valence-corrected chi connectivity index (χ4v) is 13.2. The molecule has 0 aliphatic heterocycles. The van der Waals surface area contributed by atoms with Crippen molar-refractivity contribution in [3.8, 4) is 11.4 Å². The van der Waals surface area contributed by atoms with Crippen molar-refractivity contribution in [2.75, 3.05) is 0 Å². The van der Waals surface area contributed by atoms with Crippen molar-refractivity contribution in [2.24, 2.45) is 0 Å². The monoisotopic (exact) mass is 885 g/mol. The van der Waals surface area contributed by atoms with Gasteiger partial charge < -0.3 is 21.8 Å². The van der Waals surface area contributed by atoms with Gasteiger partial charge in [-0.3, -0.25) is 0 Å². The zero-order chi connectivity index (χ0) is 25.3. The zero-order valence-corrected chi connectivity index (χ0v) is 27.1. The van der Waals surface area contributed by atoms with E-state index in [1.54, 1.807) is 0 Å². The van der Waals surface area contributed by atoms with Crippen LogP contribution in [-0.2, 0) is 33.7 Å². The standard InChI is InChI=1S/C15H11N2S.3C6H5.Bi.Pt/c18-15-9-5-4-8-14(15)17-11-10-16(12-17)13-6-2-1-3-7-13;3*1-2-4-6-5-3-1;;/h1-6,8-11,18H;3*1-5H;;/q-1;;;;;/p-1. The average Bonchev–Trinajstić information content (AvgIpc) is 3.46. The van der Waals surface area contributed by atoms with Gasteiger partial charge in [-0.1, -0.05) is 24.3 Å². The molecule has 5 aromatic carbocycles. The minimum absolute atomic E-state index is 0. The van der Waals surface area contributed by atoms with Crippen LogP contribution < -0.4 is 14.4 Å². The van der Waals surface area contributed by atoms with Crippen LogP contribution in [0.1, 0.15) is 0 Å². The normalized spacial score (nSPS) is 10.2. The van der Waals surface area contributed by atoms with Crippen LogP contribution in [-0.4, -0.2) is 26.3 Å². The van der Waals surface area contributed by atoms with E-state index in [0.717, 1.165) is 16.3 Å². The number of hydrogen-bond donors (Lipinski definition) is 0. The second-order valence-corrected chi connectivity index (χ2v) is 17.3. The number of benzene rings is 5. The molecule has 5 heteroatoms. The molecule has 0 radical (unpaired) electrons. The zero-order valence-electron chi connectivity index (χ0n) is 20.5. The second kappa shape index (κ2) is 14.3. The Hall–Kier alpha value is -2.90. The van der Waals surface area contributed by atoms with E-state index in [0.29, 0.717) is 0 Å². The van der Waals surface area contributed by atoms with Crippen LogP contribution in [0.3, 0.4) is 0 Å². The van der Waals surface area contributed by atoms with Crippen LogP contribution >= 0.6 is 0 Å². The Balaban J connectivity index is 0.000000173. The first-order valence-corrected chi connectivity index (χ1v) is 17.6. The van der Waals surface area contributed by atoms with Gasteiger partial charge in [-0.25, -0.2) is 0 Å². The molecule has 0 atom stereocenters. The molecule has 0 bridgehead atoms. The molecule has 0 fully saturated rings. The molecule has 0 saturated carbocycles. The molecular weight excluding hydrogens is 861 g/mol. The Morgan fingerprint density at radius 3 is 1.61 bits per heavy atom. The molecule has 6 rings (SSSR count). The van der Waals surface area contributed by atoms with Gasteiger partial charge in [-0.05, 0) is 5.69 Å². The van der Waals surface area contributed by atoms with Crippen molar-refractivity contribution in [3.63, 3.8) is 0 Å². The first kappa shape index (κ1) is 28.1. The third-order valence-electron chi connectivity index (χ3n) is 5.70. The third kappa shape index (κ3) is 7.14. The molecule has 0 aliphatic carbocycles. The molecule has 0 spiro atoms. The maximum absolute atomic E-state index is 5.30. The molecule has 0 saturated heterocycles. The van der Waals surface area contributed by atoms with Crippen molar-refractivity contribution in [3.05, 3.63) is 164 Å². The number of para-hydroxylation sites is 2. The van der Waals surface area contributed by atoms with E-state index in [1.807, 2.05) is 70.1 Å². The predicted octanol–water partition coefficient (Wildman–Crippen LogP) is 4.46. The van der Waals surface area contributed by atoms with Crippen LogP contribution in [0.5, 0.6) is 0 Å². The van der Waals surface area contributed by atoms with Gasteiger partial charge in [-0.2, -0.15) is 35.2 Å². The van der Waals surface area contributed by atoms with E-state index < -0.39 is 21.8 Å². The number of rotatable bonds is 5. The molecule has 0 unspecified atom stereocenters. The van der Waals surface area contributed by atoms with Crippen LogP contribution in [0.15, 0.2) is 157 Å². The molecule has 0 aliphatic rings. The number of aromatic nitrogens is 2. The van der Waals surface area contributed by atoms with E-state index >= 15 is 0 Å². The van der Waals surface area contributed by atoms with Crippen molar-refractivity contribution in [1.82, 2.24) is 4.57 Å². The van der Waals surface area contributed by atoms with Gasteiger partial charge in [0, 0.05) is 39.1 Å². The Bertz CT molecular complexity index is 1430. The summed E-state index contributed by atoms with van der Waals surface area (Å²) in [5.74, 6) is 0. The Kier molecular flexibility index (Phi) is 10.6. The van der Waals surface area contributed by atoms with Gasteiger partial charge in [-0.15, -0.1) is 0 Å². The Labute approximate surface area is 253 Å². The molecule has 1 aromatic heterocycles. The minimum atomic E-state index is -2.06. The molecule has 2 nitrogen and oxygen atoms in total. The average molecular weight is 886 g/mol. The summed E-state index contributed by atoms with van der Waals surface area (Å²) in [6.07, 6.45) is 7.10.